The lowest BCUT2D eigenvalue weighted by molar-refractivity contribution is 0.123. The van der Waals surface area contributed by atoms with Crippen molar-refractivity contribution >= 4 is 29.9 Å². The summed E-state index contributed by atoms with van der Waals surface area (Å²) in [5, 5.41) is 6.70. The molecule has 1 fully saturated rings. The van der Waals surface area contributed by atoms with E-state index < -0.39 is 0 Å². The Balaban J connectivity index is 0.00000288. The van der Waals surface area contributed by atoms with E-state index in [-0.39, 0.29) is 24.0 Å². The Morgan fingerprint density at radius 1 is 1.12 bits per heavy atom. The fourth-order valence-electron chi connectivity index (χ4n) is 2.40. The fraction of sp³-hybridized carbons (Fsp3) is 0.632. The van der Waals surface area contributed by atoms with Gasteiger partial charge in [-0.15, -0.1) is 24.0 Å². The van der Waals surface area contributed by atoms with Crippen LogP contribution in [0.1, 0.15) is 37.3 Å². The number of benzene rings is 1. The summed E-state index contributed by atoms with van der Waals surface area (Å²) in [4.78, 5) is 4.26. The van der Waals surface area contributed by atoms with Crippen LogP contribution in [0.3, 0.4) is 0 Å². The van der Waals surface area contributed by atoms with Crippen LogP contribution < -0.4 is 10.6 Å². The molecular formula is C19H32IN3O. The number of aryl methyl sites for hydroxylation is 1. The molecule has 0 atom stereocenters. The summed E-state index contributed by atoms with van der Waals surface area (Å²) in [5.41, 5.74) is 2.75. The van der Waals surface area contributed by atoms with E-state index >= 15 is 0 Å². The van der Waals surface area contributed by atoms with E-state index in [1.807, 2.05) is 7.05 Å². The van der Waals surface area contributed by atoms with Gasteiger partial charge in [0.15, 0.2) is 5.96 Å². The van der Waals surface area contributed by atoms with Crippen LogP contribution in [0, 0.1) is 5.92 Å². The average Bonchev–Trinajstić information content (AvgIpc) is 3.41. The molecule has 1 saturated carbocycles. The molecule has 0 spiro atoms. The summed E-state index contributed by atoms with van der Waals surface area (Å²) in [5.74, 6) is 1.72. The Kier molecular flexibility index (Phi) is 11.1. The van der Waals surface area contributed by atoms with Crippen molar-refractivity contribution in [1.29, 1.82) is 0 Å². The van der Waals surface area contributed by atoms with Crippen molar-refractivity contribution in [2.24, 2.45) is 10.9 Å². The number of ether oxygens (including phenoxy) is 1. The second kappa shape index (κ2) is 12.5. The van der Waals surface area contributed by atoms with Crippen molar-refractivity contribution < 1.29 is 4.74 Å². The fourth-order valence-corrected chi connectivity index (χ4v) is 2.40. The average molecular weight is 445 g/mol. The molecule has 0 heterocycles. The first kappa shape index (κ1) is 21.2. The molecule has 1 aromatic rings. The largest absolute Gasteiger partial charge is 0.381 e. The predicted molar refractivity (Wildman–Crippen MR) is 112 cm³/mol. The lowest BCUT2D eigenvalue weighted by Gasteiger charge is -2.12. The first-order valence-corrected chi connectivity index (χ1v) is 8.92. The van der Waals surface area contributed by atoms with Gasteiger partial charge in [-0.3, -0.25) is 4.99 Å². The molecule has 0 unspecified atom stereocenters. The van der Waals surface area contributed by atoms with Crippen molar-refractivity contribution in [3.63, 3.8) is 0 Å². The van der Waals surface area contributed by atoms with Crippen LogP contribution in [-0.4, -0.2) is 39.3 Å². The van der Waals surface area contributed by atoms with Crippen LogP contribution >= 0.6 is 24.0 Å². The zero-order valence-corrected chi connectivity index (χ0v) is 17.3. The highest BCUT2D eigenvalue weighted by Gasteiger charge is 2.20. The van der Waals surface area contributed by atoms with E-state index in [0.29, 0.717) is 0 Å². The molecule has 0 radical (unpaired) electrons. The minimum Gasteiger partial charge on any atom is -0.381 e. The van der Waals surface area contributed by atoms with Gasteiger partial charge in [-0.1, -0.05) is 31.2 Å². The topological polar surface area (TPSA) is 45.7 Å². The summed E-state index contributed by atoms with van der Waals surface area (Å²) < 4.78 is 5.63. The van der Waals surface area contributed by atoms with Crippen molar-refractivity contribution in [3.8, 4) is 0 Å². The quantitative estimate of drug-likeness (QED) is 0.251. The van der Waals surface area contributed by atoms with E-state index in [0.717, 1.165) is 57.4 Å². The summed E-state index contributed by atoms with van der Waals surface area (Å²) in [7, 11) is 1.81. The van der Waals surface area contributed by atoms with Crippen molar-refractivity contribution in [1.82, 2.24) is 10.6 Å². The summed E-state index contributed by atoms with van der Waals surface area (Å²) in [6, 6.07) is 8.86. The number of halogens is 1. The van der Waals surface area contributed by atoms with Gasteiger partial charge in [-0.05, 0) is 49.1 Å². The molecule has 2 rings (SSSR count). The molecule has 1 aliphatic rings. The molecule has 1 aliphatic carbocycles. The van der Waals surface area contributed by atoms with Crippen LogP contribution in [0.25, 0.3) is 0 Å². The van der Waals surface area contributed by atoms with Gasteiger partial charge >= 0.3 is 0 Å². The van der Waals surface area contributed by atoms with Gasteiger partial charge in [-0.2, -0.15) is 0 Å². The standard InChI is InChI=1S/C19H31N3O.HI/c1-3-16-5-7-17(8-6-16)11-13-22-19(20-2)21-12-4-14-23-15-18-9-10-18;/h5-8,18H,3-4,9-15H2,1-2H3,(H2,20,21,22);1H. The molecule has 1 aromatic carbocycles. The van der Waals surface area contributed by atoms with Gasteiger partial charge in [0, 0.05) is 33.4 Å². The highest BCUT2D eigenvalue weighted by molar-refractivity contribution is 14.0. The molecule has 2 N–H and O–H groups in total. The summed E-state index contributed by atoms with van der Waals surface area (Å²) in [6.07, 6.45) is 5.84. The number of rotatable bonds is 10. The van der Waals surface area contributed by atoms with Gasteiger partial charge in [0.1, 0.15) is 0 Å². The third-order valence-electron chi connectivity index (χ3n) is 4.17. The number of nitrogens with zero attached hydrogens (tertiary/aromatic N) is 1. The Bertz CT molecular complexity index is 472. The zero-order valence-electron chi connectivity index (χ0n) is 15.0. The number of guanidine groups is 1. The van der Waals surface area contributed by atoms with E-state index in [1.165, 1.54) is 24.0 Å². The number of hydrogen-bond acceptors (Lipinski definition) is 2. The smallest absolute Gasteiger partial charge is 0.190 e. The van der Waals surface area contributed by atoms with Crippen molar-refractivity contribution in [2.75, 3.05) is 33.4 Å². The van der Waals surface area contributed by atoms with Crippen LogP contribution in [0.2, 0.25) is 0 Å². The maximum Gasteiger partial charge on any atom is 0.190 e. The molecule has 24 heavy (non-hydrogen) atoms. The third kappa shape index (κ3) is 8.87. The molecular weight excluding hydrogens is 413 g/mol. The lowest BCUT2D eigenvalue weighted by Crippen LogP contribution is -2.39. The molecule has 0 aromatic heterocycles. The maximum absolute atomic E-state index is 5.63. The predicted octanol–water partition coefficient (Wildman–Crippen LogP) is 3.39. The molecule has 136 valence electrons. The first-order chi connectivity index (χ1) is 11.3. The zero-order chi connectivity index (χ0) is 16.3. The second-order valence-corrected chi connectivity index (χ2v) is 6.22. The Morgan fingerprint density at radius 3 is 2.42 bits per heavy atom. The van der Waals surface area contributed by atoms with Crippen molar-refractivity contribution in [2.45, 2.75) is 39.0 Å². The normalized spacial score (nSPS) is 14.2. The molecule has 4 nitrogen and oxygen atoms in total. The Labute approximate surface area is 163 Å². The minimum absolute atomic E-state index is 0. The lowest BCUT2D eigenvalue weighted by atomic mass is 10.1. The number of aliphatic imine (C=N–C) groups is 1. The summed E-state index contributed by atoms with van der Waals surface area (Å²) >= 11 is 0. The Hall–Kier alpha value is -0.820. The van der Waals surface area contributed by atoms with Gasteiger partial charge < -0.3 is 15.4 Å². The van der Waals surface area contributed by atoms with Crippen LogP contribution in [0.5, 0.6) is 0 Å². The van der Waals surface area contributed by atoms with Crippen LogP contribution in [0.4, 0.5) is 0 Å². The molecule has 0 aliphatic heterocycles. The molecule has 0 amide bonds. The van der Waals surface area contributed by atoms with E-state index in [2.05, 4.69) is 46.8 Å². The van der Waals surface area contributed by atoms with Gasteiger partial charge in [-0.25, -0.2) is 0 Å². The maximum atomic E-state index is 5.63. The van der Waals surface area contributed by atoms with E-state index in [4.69, 9.17) is 4.74 Å². The van der Waals surface area contributed by atoms with Gasteiger partial charge in [0.2, 0.25) is 0 Å². The first-order valence-electron chi connectivity index (χ1n) is 8.92. The molecule has 5 heteroatoms. The summed E-state index contributed by atoms with van der Waals surface area (Å²) in [6.45, 7) is 5.76. The molecule has 0 bridgehead atoms. The highest BCUT2D eigenvalue weighted by atomic mass is 127. The number of hydrogen-bond donors (Lipinski definition) is 2. The van der Waals surface area contributed by atoms with Crippen LogP contribution in [-0.2, 0) is 17.6 Å². The third-order valence-corrected chi connectivity index (χ3v) is 4.17. The number of nitrogens with one attached hydrogen (secondary N) is 2. The Morgan fingerprint density at radius 2 is 1.79 bits per heavy atom. The molecule has 0 saturated heterocycles. The minimum atomic E-state index is 0. The van der Waals surface area contributed by atoms with E-state index in [9.17, 15) is 0 Å². The highest BCUT2D eigenvalue weighted by Crippen LogP contribution is 2.28. The van der Waals surface area contributed by atoms with Gasteiger partial charge in [0.25, 0.3) is 0 Å². The van der Waals surface area contributed by atoms with E-state index in [1.54, 1.807) is 0 Å². The van der Waals surface area contributed by atoms with Gasteiger partial charge in [0.05, 0.1) is 0 Å². The van der Waals surface area contributed by atoms with Crippen molar-refractivity contribution in [3.05, 3.63) is 35.4 Å². The monoisotopic (exact) mass is 445 g/mol. The SMILES string of the molecule is CCc1ccc(CCNC(=NC)NCCCOCC2CC2)cc1.I. The second-order valence-electron chi connectivity index (χ2n) is 6.22. The van der Waals surface area contributed by atoms with Crippen LogP contribution in [0.15, 0.2) is 29.3 Å².